The highest BCUT2D eigenvalue weighted by Gasteiger charge is 2.39. The lowest BCUT2D eigenvalue weighted by Gasteiger charge is -2.40. The number of sulfonamides is 1. The molecule has 0 bridgehead atoms. The Morgan fingerprint density at radius 1 is 1.26 bits per heavy atom. The number of hydroxylamine groups is 1. The fourth-order valence-corrected chi connectivity index (χ4v) is 9.62. The van der Waals surface area contributed by atoms with Gasteiger partial charge in [-0.25, -0.2) is 13.4 Å². The second kappa shape index (κ2) is 10.8. The number of fused-ring (bicyclic) bond motifs is 2. The molecule has 0 radical (unpaired) electrons. The number of thiocarbonyl (C=S) groups is 1. The number of aromatic nitrogens is 1. The van der Waals surface area contributed by atoms with Crippen LogP contribution in [-0.4, -0.2) is 71.6 Å². The van der Waals surface area contributed by atoms with Gasteiger partial charge in [0.1, 0.15) is 10.4 Å². The van der Waals surface area contributed by atoms with Crippen molar-refractivity contribution in [3.63, 3.8) is 0 Å². The number of nitrogens with zero attached hydrogens (tertiary/aromatic N) is 3. The molecule has 208 valence electrons. The van der Waals surface area contributed by atoms with Crippen LogP contribution in [0.2, 0.25) is 5.02 Å². The van der Waals surface area contributed by atoms with E-state index < -0.39 is 10.0 Å². The fraction of sp³-hybridized carbons (Fsp3) is 0.458. The molecule has 15 heteroatoms. The molecule has 1 aromatic carbocycles. The number of nitrogens with one attached hydrogen (secondary N) is 3. The smallest absolute Gasteiger partial charge is 0.283 e. The standard InChI is InChI=1S/C24H27ClN6O4S4/c1-13-8-17-19(11-26-13)38-22(27-17)23(32)31-7-6-30(12-16(31)4-5-20-28-24(36)35-29-20)39(33,34)21-9-14-2-3-15(25)10-18(14)37-21/h2-3,9-10,13,16,20,26,29H,4-8,11-12H2,1H3,(H,28,36). The van der Waals surface area contributed by atoms with Crippen LogP contribution in [0.3, 0.4) is 0 Å². The van der Waals surface area contributed by atoms with Crippen LogP contribution in [0.1, 0.15) is 40.1 Å². The summed E-state index contributed by atoms with van der Waals surface area (Å²) in [6, 6.07) is 7.01. The van der Waals surface area contributed by atoms with Gasteiger partial charge in [-0.3, -0.25) is 4.79 Å². The molecule has 3 unspecified atom stereocenters. The van der Waals surface area contributed by atoms with Crippen molar-refractivity contribution in [1.29, 1.82) is 0 Å². The van der Waals surface area contributed by atoms with Gasteiger partial charge in [-0.05, 0) is 55.6 Å². The summed E-state index contributed by atoms with van der Waals surface area (Å²) in [5, 5.41) is 8.56. The lowest BCUT2D eigenvalue weighted by Crippen LogP contribution is -2.56. The number of thiophene rings is 1. The molecule has 3 aliphatic heterocycles. The first-order valence-electron chi connectivity index (χ1n) is 12.6. The van der Waals surface area contributed by atoms with E-state index in [1.807, 2.05) is 6.07 Å². The number of rotatable bonds is 6. The zero-order valence-corrected chi connectivity index (χ0v) is 25.0. The second-order valence-electron chi connectivity index (χ2n) is 9.92. The maximum absolute atomic E-state index is 13.7. The number of halogens is 1. The molecule has 2 aromatic heterocycles. The molecule has 0 saturated carbocycles. The van der Waals surface area contributed by atoms with Crippen molar-refractivity contribution in [2.24, 2.45) is 0 Å². The van der Waals surface area contributed by atoms with Crippen molar-refractivity contribution in [3.05, 3.63) is 44.9 Å². The molecule has 3 aromatic rings. The molecular weight excluding hydrogens is 600 g/mol. The monoisotopic (exact) mass is 626 g/mol. The lowest BCUT2D eigenvalue weighted by molar-refractivity contribution is 0.0535. The molecule has 39 heavy (non-hydrogen) atoms. The van der Waals surface area contributed by atoms with Crippen molar-refractivity contribution in [1.82, 2.24) is 30.3 Å². The van der Waals surface area contributed by atoms with E-state index in [0.717, 1.165) is 27.1 Å². The Balaban J connectivity index is 1.24. The highest BCUT2D eigenvalue weighted by atomic mass is 35.5. The summed E-state index contributed by atoms with van der Waals surface area (Å²) >= 11 is 13.8. The molecule has 3 N–H and O–H groups in total. The maximum atomic E-state index is 13.7. The van der Waals surface area contributed by atoms with Crippen LogP contribution >= 0.6 is 46.5 Å². The zero-order valence-electron chi connectivity index (χ0n) is 21.0. The van der Waals surface area contributed by atoms with Gasteiger partial charge in [-0.2, -0.15) is 4.31 Å². The van der Waals surface area contributed by atoms with E-state index in [2.05, 4.69) is 28.0 Å². The van der Waals surface area contributed by atoms with Gasteiger partial charge in [0.05, 0.1) is 5.69 Å². The molecule has 3 atom stereocenters. The molecular formula is C24H27ClN6O4S4. The first-order valence-corrected chi connectivity index (χ1v) is 16.5. The van der Waals surface area contributed by atoms with Crippen LogP contribution in [0.5, 0.6) is 0 Å². The number of hydrogen-bond acceptors (Lipinski definition) is 10. The first-order chi connectivity index (χ1) is 18.7. The number of benzene rings is 1. The number of hydrogen-bond donors (Lipinski definition) is 3. The Labute approximate surface area is 244 Å². The SMILES string of the molecule is CC1Cc2nc(C(=O)N3CCN(S(=O)(=O)c4cc5ccc(Cl)cc5s4)CC3CCC3NOC(=S)N3)sc2CN1. The second-order valence-corrected chi connectivity index (χ2v) is 15.1. The Bertz CT molecular complexity index is 1540. The van der Waals surface area contributed by atoms with E-state index in [1.54, 1.807) is 23.1 Å². The molecule has 5 heterocycles. The minimum atomic E-state index is -3.77. The third-order valence-corrected chi connectivity index (χ3v) is 12.1. The summed E-state index contributed by atoms with van der Waals surface area (Å²) in [6.45, 7) is 3.47. The molecule has 3 aliphatic rings. The van der Waals surface area contributed by atoms with Crippen LogP contribution in [0.25, 0.3) is 10.1 Å². The number of carbonyl (C=O) groups excluding carboxylic acids is 1. The molecule has 1 amide bonds. The predicted molar refractivity (Wildman–Crippen MR) is 156 cm³/mol. The van der Waals surface area contributed by atoms with Crippen molar-refractivity contribution in [3.8, 4) is 0 Å². The molecule has 2 saturated heterocycles. The van der Waals surface area contributed by atoms with Gasteiger partial charge in [0.25, 0.3) is 21.1 Å². The van der Waals surface area contributed by atoms with E-state index in [4.69, 9.17) is 28.7 Å². The van der Waals surface area contributed by atoms with Gasteiger partial charge in [0.2, 0.25) is 0 Å². The van der Waals surface area contributed by atoms with E-state index in [9.17, 15) is 13.2 Å². The summed E-state index contributed by atoms with van der Waals surface area (Å²) in [6.07, 6.45) is 1.70. The molecule has 0 spiro atoms. The average molecular weight is 627 g/mol. The molecule has 2 fully saturated rings. The summed E-state index contributed by atoms with van der Waals surface area (Å²) < 4.78 is 30.0. The van der Waals surface area contributed by atoms with Crippen molar-refractivity contribution in [2.45, 2.75) is 55.2 Å². The predicted octanol–water partition coefficient (Wildman–Crippen LogP) is 3.08. The lowest BCUT2D eigenvalue weighted by atomic mass is 10.1. The minimum Gasteiger partial charge on any atom is -0.376 e. The molecule has 6 rings (SSSR count). The number of amides is 1. The minimum absolute atomic E-state index is 0.153. The van der Waals surface area contributed by atoms with Gasteiger partial charge < -0.3 is 20.4 Å². The topological polar surface area (TPSA) is 116 Å². The largest absolute Gasteiger partial charge is 0.376 e. The maximum Gasteiger partial charge on any atom is 0.283 e. The highest BCUT2D eigenvalue weighted by molar-refractivity contribution is 7.91. The van der Waals surface area contributed by atoms with Gasteiger partial charge in [-0.1, -0.05) is 17.7 Å². The van der Waals surface area contributed by atoms with E-state index in [0.29, 0.717) is 35.5 Å². The Kier molecular flexibility index (Phi) is 7.56. The average Bonchev–Trinajstić information content (AvgIpc) is 3.64. The Hall–Kier alpha value is -1.91. The highest BCUT2D eigenvalue weighted by Crippen LogP contribution is 2.34. The van der Waals surface area contributed by atoms with Crippen LogP contribution in [-0.2, 0) is 27.8 Å². The summed E-state index contributed by atoms with van der Waals surface area (Å²) in [5.41, 5.74) is 3.81. The third kappa shape index (κ3) is 5.53. The van der Waals surface area contributed by atoms with Gasteiger partial charge in [0.15, 0.2) is 5.01 Å². The quantitative estimate of drug-likeness (QED) is 0.355. The summed E-state index contributed by atoms with van der Waals surface area (Å²) in [4.78, 5) is 26.4. The van der Waals surface area contributed by atoms with E-state index in [1.165, 1.54) is 27.0 Å². The number of carbonyl (C=O) groups is 1. The third-order valence-electron chi connectivity index (χ3n) is 7.21. The first kappa shape index (κ1) is 27.3. The summed E-state index contributed by atoms with van der Waals surface area (Å²) in [7, 11) is -3.77. The molecule has 0 aliphatic carbocycles. The Morgan fingerprint density at radius 2 is 2.10 bits per heavy atom. The zero-order chi connectivity index (χ0) is 27.3. The van der Waals surface area contributed by atoms with Crippen LogP contribution in [0, 0.1) is 0 Å². The van der Waals surface area contributed by atoms with Crippen molar-refractivity contribution < 1.29 is 18.0 Å². The normalized spacial score (nSPS) is 24.0. The van der Waals surface area contributed by atoms with E-state index in [-0.39, 0.29) is 47.1 Å². The van der Waals surface area contributed by atoms with Gasteiger partial charge in [-0.15, -0.1) is 28.2 Å². The van der Waals surface area contributed by atoms with Crippen LogP contribution in [0.15, 0.2) is 28.5 Å². The summed E-state index contributed by atoms with van der Waals surface area (Å²) in [5.74, 6) is -0.153. The molecule has 10 nitrogen and oxygen atoms in total. The van der Waals surface area contributed by atoms with Crippen LogP contribution in [0.4, 0.5) is 0 Å². The van der Waals surface area contributed by atoms with Crippen molar-refractivity contribution in [2.75, 3.05) is 19.6 Å². The van der Waals surface area contributed by atoms with Gasteiger partial charge >= 0.3 is 0 Å². The van der Waals surface area contributed by atoms with Crippen molar-refractivity contribution >= 4 is 77.7 Å². The number of thiazole rings is 1. The Morgan fingerprint density at radius 3 is 2.90 bits per heavy atom. The fourth-order valence-electron chi connectivity index (χ4n) is 5.13. The van der Waals surface area contributed by atoms with Gasteiger partial charge in [0, 0.05) is 59.3 Å². The van der Waals surface area contributed by atoms with Crippen LogP contribution < -0.4 is 16.1 Å². The van der Waals surface area contributed by atoms with E-state index >= 15 is 0 Å². The number of piperazine rings is 1.